The number of nitrogens with zero attached hydrogens (tertiary/aromatic N) is 3. The van der Waals surface area contributed by atoms with E-state index >= 15 is 0 Å². The number of carbonyl (C=O) groups excluding carboxylic acids is 1. The zero-order valence-corrected chi connectivity index (χ0v) is 19.3. The molecule has 0 bridgehead atoms. The minimum Gasteiger partial charge on any atom is -0.494 e. The quantitative estimate of drug-likeness (QED) is 0.239. The highest BCUT2D eigenvalue weighted by atomic mass is 32.2. The lowest BCUT2D eigenvalue weighted by Gasteiger charge is -2.11. The summed E-state index contributed by atoms with van der Waals surface area (Å²) in [7, 11) is 3.97. The Morgan fingerprint density at radius 1 is 1.24 bits per heavy atom. The van der Waals surface area contributed by atoms with Gasteiger partial charge in [0.25, 0.3) is 11.6 Å². The van der Waals surface area contributed by atoms with Crippen LogP contribution >= 0.6 is 23.1 Å². The zero-order chi connectivity index (χ0) is 24.0. The van der Waals surface area contributed by atoms with Gasteiger partial charge in [-0.05, 0) is 44.8 Å². The van der Waals surface area contributed by atoms with Crippen LogP contribution in [0.2, 0.25) is 0 Å². The van der Waals surface area contributed by atoms with Gasteiger partial charge in [-0.1, -0.05) is 11.8 Å². The monoisotopic (exact) mass is 494 g/mol. The average molecular weight is 495 g/mol. The molecule has 1 N–H and O–H groups in total. The number of aromatic nitrogens is 1. The maximum Gasteiger partial charge on any atom is 0.294 e. The van der Waals surface area contributed by atoms with Gasteiger partial charge in [0, 0.05) is 18.3 Å². The van der Waals surface area contributed by atoms with Gasteiger partial charge in [-0.2, -0.15) is 0 Å². The van der Waals surface area contributed by atoms with E-state index in [0.29, 0.717) is 29.8 Å². The van der Waals surface area contributed by atoms with Crippen molar-refractivity contribution in [2.24, 2.45) is 0 Å². The van der Waals surface area contributed by atoms with Crippen LogP contribution in [0.25, 0.3) is 0 Å². The smallest absolute Gasteiger partial charge is 0.294 e. The summed E-state index contributed by atoms with van der Waals surface area (Å²) in [6.45, 7) is 1.46. The third kappa shape index (κ3) is 6.70. The molecule has 0 saturated heterocycles. The van der Waals surface area contributed by atoms with Gasteiger partial charge in [-0.3, -0.25) is 19.9 Å². The number of ether oxygens (including phenoxy) is 1. The van der Waals surface area contributed by atoms with Gasteiger partial charge in [0.05, 0.1) is 28.8 Å². The molecule has 0 fully saturated rings. The predicted molar refractivity (Wildman–Crippen MR) is 122 cm³/mol. The Labute approximate surface area is 196 Å². The first-order chi connectivity index (χ1) is 15.7. The third-order valence-corrected chi connectivity index (χ3v) is 6.64. The second-order valence-electron chi connectivity index (χ2n) is 7.06. The highest BCUT2D eigenvalue weighted by Crippen LogP contribution is 2.43. The Morgan fingerprint density at radius 3 is 2.52 bits per heavy atom. The maximum atomic E-state index is 13.9. The lowest BCUT2D eigenvalue weighted by molar-refractivity contribution is -0.387. The Kier molecular flexibility index (Phi) is 8.31. The molecular formula is C21H20F2N4O4S2. The molecule has 0 aliphatic carbocycles. The van der Waals surface area contributed by atoms with E-state index in [1.165, 1.54) is 0 Å². The fourth-order valence-electron chi connectivity index (χ4n) is 2.66. The first kappa shape index (κ1) is 24.6. The summed E-state index contributed by atoms with van der Waals surface area (Å²) in [6.07, 6.45) is 2.50. The highest BCUT2D eigenvalue weighted by Gasteiger charge is 2.25. The Morgan fingerprint density at radius 2 is 1.91 bits per heavy atom. The summed E-state index contributed by atoms with van der Waals surface area (Å²) in [4.78, 5) is 28.4. The normalized spacial score (nSPS) is 10.9. The molecule has 0 atom stereocenters. The van der Waals surface area contributed by atoms with Crippen LogP contribution < -0.4 is 10.1 Å². The molecule has 33 heavy (non-hydrogen) atoms. The van der Waals surface area contributed by atoms with Crippen LogP contribution in [0.3, 0.4) is 0 Å². The average Bonchev–Trinajstić information content (AvgIpc) is 3.19. The maximum absolute atomic E-state index is 13.9. The van der Waals surface area contributed by atoms with Crippen molar-refractivity contribution in [3.63, 3.8) is 0 Å². The molecule has 3 rings (SSSR count). The molecule has 12 heteroatoms. The van der Waals surface area contributed by atoms with Crippen molar-refractivity contribution in [3.8, 4) is 5.75 Å². The van der Waals surface area contributed by atoms with E-state index in [2.05, 4.69) is 15.2 Å². The molecule has 8 nitrogen and oxygen atoms in total. The summed E-state index contributed by atoms with van der Waals surface area (Å²) >= 11 is 1.31. The molecule has 3 aromatic rings. The molecule has 1 aromatic carbocycles. The molecular weight excluding hydrogens is 474 g/mol. The van der Waals surface area contributed by atoms with Crippen LogP contribution in [0.5, 0.6) is 5.75 Å². The van der Waals surface area contributed by atoms with Crippen molar-refractivity contribution in [2.75, 3.05) is 32.6 Å². The number of rotatable bonds is 10. The molecule has 0 radical (unpaired) electrons. The van der Waals surface area contributed by atoms with Gasteiger partial charge in [0.15, 0.2) is 11.6 Å². The van der Waals surface area contributed by atoms with Crippen LogP contribution in [0.1, 0.15) is 16.1 Å². The van der Waals surface area contributed by atoms with E-state index < -0.39 is 33.0 Å². The van der Waals surface area contributed by atoms with E-state index in [0.717, 1.165) is 42.8 Å². The number of carbonyl (C=O) groups is 1. The molecule has 1 amide bonds. The van der Waals surface area contributed by atoms with E-state index in [1.807, 2.05) is 14.1 Å². The lowest BCUT2D eigenvalue weighted by Crippen LogP contribution is -2.15. The molecule has 0 aliphatic heterocycles. The van der Waals surface area contributed by atoms with Crippen LogP contribution in [0, 0.1) is 21.7 Å². The van der Waals surface area contributed by atoms with Gasteiger partial charge in [0.2, 0.25) is 0 Å². The second kappa shape index (κ2) is 11.2. The Balaban J connectivity index is 1.69. The lowest BCUT2D eigenvalue weighted by atomic mass is 10.3. The number of nitrogens with one attached hydrogen (secondary N) is 1. The minimum atomic E-state index is -0.947. The molecule has 174 valence electrons. The van der Waals surface area contributed by atoms with Crippen LogP contribution in [0.15, 0.2) is 51.8 Å². The molecule has 2 aromatic heterocycles. The summed E-state index contributed by atoms with van der Waals surface area (Å²) < 4.78 is 33.4. The van der Waals surface area contributed by atoms with Crippen molar-refractivity contribution >= 4 is 40.4 Å². The van der Waals surface area contributed by atoms with Crippen molar-refractivity contribution in [1.82, 2.24) is 9.88 Å². The van der Waals surface area contributed by atoms with E-state index in [1.54, 1.807) is 24.3 Å². The summed E-state index contributed by atoms with van der Waals surface area (Å²) in [6, 6.07) is 7.80. The van der Waals surface area contributed by atoms with Crippen LogP contribution in [-0.2, 0) is 0 Å². The fourth-order valence-corrected chi connectivity index (χ4v) is 4.83. The molecule has 0 saturated carbocycles. The van der Waals surface area contributed by atoms with E-state index in [9.17, 15) is 23.7 Å². The number of hydrogen-bond donors (Lipinski definition) is 1. The van der Waals surface area contributed by atoms with Crippen molar-refractivity contribution in [2.45, 2.75) is 15.5 Å². The molecule has 0 spiro atoms. The van der Waals surface area contributed by atoms with Crippen LogP contribution in [0.4, 0.5) is 20.2 Å². The fraction of sp³-hybridized carbons (Fsp3) is 0.238. The molecule has 0 unspecified atom stereocenters. The Hall–Kier alpha value is -3.09. The third-order valence-electron chi connectivity index (χ3n) is 4.24. The standard InChI is InChI=1S/C21H20F2N4O4S2/c1-26(2)8-3-9-31-14-6-4-13(5-7-14)25-20(28)18-10-17(27(29)30)21(32-18)33-19-15(22)11-24-12-16(19)23/h4-7,10-12H,3,8-9H2,1-2H3,(H,25,28). The number of anilines is 1. The molecule has 0 aliphatic rings. The van der Waals surface area contributed by atoms with Gasteiger partial charge in [-0.25, -0.2) is 8.78 Å². The number of hydrogen-bond acceptors (Lipinski definition) is 8. The number of amides is 1. The van der Waals surface area contributed by atoms with E-state index in [4.69, 9.17) is 4.74 Å². The zero-order valence-electron chi connectivity index (χ0n) is 17.7. The van der Waals surface area contributed by atoms with Crippen molar-refractivity contribution in [3.05, 3.63) is 69.4 Å². The van der Waals surface area contributed by atoms with Crippen molar-refractivity contribution in [1.29, 1.82) is 0 Å². The number of nitro groups is 1. The highest BCUT2D eigenvalue weighted by molar-refractivity contribution is 8.01. The number of thiophene rings is 1. The predicted octanol–water partition coefficient (Wildman–Crippen LogP) is 5.06. The van der Waals surface area contributed by atoms with Gasteiger partial charge >= 0.3 is 0 Å². The summed E-state index contributed by atoms with van der Waals surface area (Å²) in [5, 5.41) is 14.1. The SMILES string of the molecule is CN(C)CCCOc1ccc(NC(=O)c2cc([N+](=O)[O-])c(Sc3c(F)cncc3F)s2)cc1. The Bertz CT molecular complexity index is 1120. The first-order valence-corrected chi connectivity index (χ1v) is 11.3. The summed E-state index contributed by atoms with van der Waals surface area (Å²) in [5.74, 6) is -1.82. The van der Waals surface area contributed by atoms with E-state index in [-0.39, 0.29) is 9.09 Å². The first-order valence-electron chi connectivity index (χ1n) is 9.68. The number of pyridine rings is 1. The largest absolute Gasteiger partial charge is 0.494 e. The molecule has 2 heterocycles. The topological polar surface area (TPSA) is 97.6 Å². The number of halogens is 2. The van der Waals surface area contributed by atoms with Crippen LogP contribution in [-0.4, -0.2) is 48.0 Å². The minimum absolute atomic E-state index is 0.0179. The van der Waals surface area contributed by atoms with Gasteiger partial charge in [-0.15, -0.1) is 11.3 Å². The number of benzene rings is 1. The second-order valence-corrected chi connectivity index (χ2v) is 9.39. The summed E-state index contributed by atoms with van der Waals surface area (Å²) in [5.41, 5.74) is 0.0596. The van der Waals surface area contributed by atoms with Crippen molar-refractivity contribution < 1.29 is 23.2 Å². The van der Waals surface area contributed by atoms with Gasteiger partial charge in [0.1, 0.15) is 14.8 Å². The van der Waals surface area contributed by atoms with Gasteiger partial charge < -0.3 is 15.0 Å².